The van der Waals surface area contributed by atoms with Crippen molar-refractivity contribution in [1.29, 1.82) is 0 Å². The van der Waals surface area contributed by atoms with Gasteiger partial charge in [-0.3, -0.25) is 4.79 Å². The molecule has 24 heavy (non-hydrogen) atoms. The van der Waals surface area contributed by atoms with Crippen LogP contribution in [0.3, 0.4) is 0 Å². The summed E-state index contributed by atoms with van der Waals surface area (Å²) in [7, 11) is 1.31. The summed E-state index contributed by atoms with van der Waals surface area (Å²) in [4.78, 5) is 23.7. The van der Waals surface area contributed by atoms with Crippen LogP contribution in [0.25, 0.3) is 0 Å². The first-order valence-electron chi connectivity index (χ1n) is 7.32. The van der Waals surface area contributed by atoms with Gasteiger partial charge in [0.2, 0.25) is 5.91 Å². The molecule has 0 aliphatic carbocycles. The molecule has 6 heteroatoms. The number of amides is 1. The van der Waals surface area contributed by atoms with E-state index in [-0.39, 0.29) is 17.5 Å². The van der Waals surface area contributed by atoms with E-state index in [1.165, 1.54) is 24.9 Å². The van der Waals surface area contributed by atoms with Crippen molar-refractivity contribution < 1.29 is 18.7 Å². The Bertz CT molecular complexity index is 749. The first-order valence-corrected chi connectivity index (χ1v) is 8.47. The minimum atomic E-state index is -0.447. The standard InChI is InChI=1S/C18H18FNO3S/c1-12-14(18(22)23-2)7-5-9-16(12)20-17(21)11-24-10-13-6-3-4-8-15(13)19/h3-9H,10-11H2,1-2H3,(H,20,21). The molecule has 2 aromatic rings. The van der Waals surface area contributed by atoms with Gasteiger partial charge in [0.15, 0.2) is 0 Å². The summed E-state index contributed by atoms with van der Waals surface area (Å²) < 4.78 is 18.2. The van der Waals surface area contributed by atoms with Crippen LogP contribution in [-0.4, -0.2) is 24.7 Å². The Morgan fingerprint density at radius 2 is 1.92 bits per heavy atom. The SMILES string of the molecule is COC(=O)c1cccc(NC(=O)CSCc2ccccc2F)c1C. The topological polar surface area (TPSA) is 55.4 Å². The summed E-state index contributed by atoms with van der Waals surface area (Å²) in [5.74, 6) is -0.316. The lowest BCUT2D eigenvalue weighted by Crippen LogP contribution is -2.16. The number of nitrogens with one attached hydrogen (secondary N) is 1. The summed E-state index contributed by atoms with van der Waals surface area (Å²) >= 11 is 1.33. The third kappa shape index (κ3) is 4.58. The molecule has 0 radical (unpaired) electrons. The Morgan fingerprint density at radius 3 is 2.62 bits per heavy atom. The average Bonchev–Trinajstić information content (AvgIpc) is 2.58. The Morgan fingerprint density at radius 1 is 1.17 bits per heavy atom. The van der Waals surface area contributed by atoms with Gasteiger partial charge >= 0.3 is 5.97 Å². The molecular weight excluding hydrogens is 329 g/mol. The van der Waals surface area contributed by atoms with E-state index in [4.69, 9.17) is 4.74 Å². The molecule has 0 spiro atoms. The predicted octanol–water partition coefficient (Wildman–Crippen LogP) is 3.79. The maximum Gasteiger partial charge on any atom is 0.338 e. The smallest absolute Gasteiger partial charge is 0.338 e. The molecule has 4 nitrogen and oxygen atoms in total. The molecule has 2 rings (SSSR count). The second-order valence-electron chi connectivity index (χ2n) is 5.10. The van der Waals surface area contributed by atoms with Gasteiger partial charge in [-0.25, -0.2) is 9.18 Å². The number of thioether (sulfide) groups is 1. The van der Waals surface area contributed by atoms with Crippen LogP contribution in [0.15, 0.2) is 42.5 Å². The Kier molecular flexibility index (Phi) is 6.37. The van der Waals surface area contributed by atoms with E-state index in [1.807, 2.05) is 0 Å². The molecule has 0 aromatic heterocycles. The molecule has 0 saturated heterocycles. The second-order valence-corrected chi connectivity index (χ2v) is 6.09. The van der Waals surface area contributed by atoms with Gasteiger partial charge in [-0.05, 0) is 36.2 Å². The second kappa shape index (κ2) is 8.49. The van der Waals surface area contributed by atoms with E-state index >= 15 is 0 Å². The highest BCUT2D eigenvalue weighted by Crippen LogP contribution is 2.21. The Labute approximate surface area is 144 Å². The van der Waals surface area contributed by atoms with Crippen LogP contribution >= 0.6 is 11.8 Å². The molecule has 2 aromatic carbocycles. The minimum absolute atomic E-state index is 0.191. The van der Waals surface area contributed by atoms with Crippen LogP contribution in [0, 0.1) is 12.7 Å². The number of hydrogen-bond acceptors (Lipinski definition) is 4. The normalized spacial score (nSPS) is 10.3. The third-order valence-electron chi connectivity index (χ3n) is 3.46. The molecule has 0 fully saturated rings. The largest absolute Gasteiger partial charge is 0.465 e. The van der Waals surface area contributed by atoms with Gasteiger partial charge in [0, 0.05) is 11.4 Å². The van der Waals surface area contributed by atoms with E-state index in [2.05, 4.69) is 5.32 Å². The first kappa shape index (κ1) is 18.0. The Hall–Kier alpha value is -2.34. The van der Waals surface area contributed by atoms with Crippen molar-refractivity contribution in [2.45, 2.75) is 12.7 Å². The van der Waals surface area contributed by atoms with Crippen molar-refractivity contribution in [2.24, 2.45) is 0 Å². The molecule has 0 saturated carbocycles. The number of esters is 1. The number of ether oxygens (including phenoxy) is 1. The number of rotatable bonds is 6. The van der Waals surface area contributed by atoms with Gasteiger partial charge < -0.3 is 10.1 Å². The van der Waals surface area contributed by atoms with Crippen molar-refractivity contribution in [3.05, 3.63) is 65.0 Å². The van der Waals surface area contributed by atoms with Gasteiger partial charge in [-0.15, -0.1) is 11.8 Å². The molecule has 1 amide bonds. The number of carbonyl (C=O) groups excluding carboxylic acids is 2. The van der Waals surface area contributed by atoms with E-state index in [0.29, 0.717) is 28.1 Å². The molecule has 0 bridgehead atoms. The molecule has 0 aliphatic heterocycles. The van der Waals surface area contributed by atoms with Gasteiger partial charge in [-0.1, -0.05) is 24.3 Å². The highest BCUT2D eigenvalue weighted by Gasteiger charge is 2.13. The third-order valence-corrected chi connectivity index (χ3v) is 4.44. The van der Waals surface area contributed by atoms with Gasteiger partial charge in [-0.2, -0.15) is 0 Å². The van der Waals surface area contributed by atoms with Crippen LogP contribution < -0.4 is 5.32 Å². The van der Waals surface area contributed by atoms with Crippen LogP contribution in [0.1, 0.15) is 21.5 Å². The zero-order valence-electron chi connectivity index (χ0n) is 13.5. The van der Waals surface area contributed by atoms with Gasteiger partial charge in [0.25, 0.3) is 0 Å². The van der Waals surface area contributed by atoms with Gasteiger partial charge in [0.05, 0.1) is 18.4 Å². The van der Waals surface area contributed by atoms with E-state index < -0.39 is 5.97 Å². The van der Waals surface area contributed by atoms with E-state index in [1.54, 1.807) is 43.3 Å². The predicted molar refractivity (Wildman–Crippen MR) is 93.7 cm³/mol. The van der Waals surface area contributed by atoms with Crippen molar-refractivity contribution in [3.63, 3.8) is 0 Å². The molecule has 0 unspecified atom stereocenters. The number of halogens is 1. The van der Waals surface area contributed by atoms with E-state index in [9.17, 15) is 14.0 Å². The summed E-state index contributed by atoms with van der Waals surface area (Å²) in [6.45, 7) is 1.74. The molecule has 0 atom stereocenters. The van der Waals surface area contributed by atoms with Crippen molar-refractivity contribution in [1.82, 2.24) is 0 Å². The highest BCUT2D eigenvalue weighted by molar-refractivity contribution is 7.99. The fourth-order valence-corrected chi connectivity index (χ4v) is 2.97. The number of anilines is 1. The average molecular weight is 347 g/mol. The van der Waals surface area contributed by atoms with Crippen LogP contribution in [0.4, 0.5) is 10.1 Å². The summed E-state index contributed by atoms with van der Waals surface area (Å²) in [5.41, 5.74) is 2.19. The molecule has 126 valence electrons. The molecule has 0 heterocycles. The Balaban J connectivity index is 1.93. The number of carbonyl (C=O) groups is 2. The summed E-state index contributed by atoms with van der Waals surface area (Å²) in [6.07, 6.45) is 0. The molecule has 0 aliphatic rings. The maximum atomic E-state index is 13.5. The number of methoxy groups -OCH3 is 1. The van der Waals surface area contributed by atoms with Gasteiger partial charge in [0.1, 0.15) is 5.82 Å². The first-order chi connectivity index (χ1) is 11.5. The van der Waals surface area contributed by atoms with Crippen molar-refractivity contribution in [3.8, 4) is 0 Å². The van der Waals surface area contributed by atoms with Crippen LogP contribution in [-0.2, 0) is 15.3 Å². The van der Waals surface area contributed by atoms with Crippen LogP contribution in [0.2, 0.25) is 0 Å². The maximum absolute atomic E-state index is 13.5. The highest BCUT2D eigenvalue weighted by atomic mass is 32.2. The monoisotopic (exact) mass is 347 g/mol. The van der Waals surface area contributed by atoms with Crippen molar-refractivity contribution >= 4 is 29.3 Å². The minimum Gasteiger partial charge on any atom is -0.465 e. The lowest BCUT2D eigenvalue weighted by Gasteiger charge is -2.11. The zero-order chi connectivity index (χ0) is 17.5. The fraction of sp³-hybridized carbons (Fsp3) is 0.222. The number of benzene rings is 2. The molecular formula is C18H18FNO3S. The van der Waals surface area contributed by atoms with Crippen molar-refractivity contribution in [2.75, 3.05) is 18.2 Å². The lowest BCUT2D eigenvalue weighted by atomic mass is 10.1. The molecule has 1 N–H and O–H groups in total. The van der Waals surface area contributed by atoms with E-state index in [0.717, 1.165) is 0 Å². The summed E-state index contributed by atoms with van der Waals surface area (Å²) in [6, 6.07) is 11.5. The zero-order valence-corrected chi connectivity index (χ0v) is 14.3. The van der Waals surface area contributed by atoms with Crippen LogP contribution in [0.5, 0.6) is 0 Å². The quantitative estimate of drug-likeness (QED) is 0.808. The lowest BCUT2D eigenvalue weighted by molar-refractivity contribution is -0.113. The number of hydrogen-bond donors (Lipinski definition) is 1. The summed E-state index contributed by atoms with van der Waals surface area (Å²) in [5, 5.41) is 2.77. The fourth-order valence-electron chi connectivity index (χ4n) is 2.16.